The number of ether oxygens (including phenoxy) is 1. The number of hydrogen-bond donors (Lipinski definition) is 3. The highest BCUT2D eigenvalue weighted by Gasteiger charge is 2.28. The van der Waals surface area contributed by atoms with Gasteiger partial charge in [-0.3, -0.25) is 4.79 Å². The van der Waals surface area contributed by atoms with Gasteiger partial charge < -0.3 is 20.5 Å². The molecule has 3 N–H and O–H groups in total. The molecule has 0 aromatic heterocycles. The van der Waals surface area contributed by atoms with Gasteiger partial charge in [0.1, 0.15) is 17.6 Å². The number of anilines is 1. The molecule has 1 unspecified atom stereocenters. The molecule has 1 atom stereocenters. The van der Waals surface area contributed by atoms with E-state index >= 15 is 0 Å². The highest BCUT2D eigenvalue weighted by Crippen LogP contribution is 2.27. The van der Waals surface area contributed by atoms with E-state index in [0.717, 1.165) is 12.8 Å². The van der Waals surface area contributed by atoms with Crippen molar-refractivity contribution in [3.05, 3.63) is 59.4 Å². The highest BCUT2D eigenvalue weighted by molar-refractivity contribution is 5.86. The van der Waals surface area contributed by atoms with E-state index in [0.29, 0.717) is 22.6 Å². The Balaban J connectivity index is 1.86. The summed E-state index contributed by atoms with van der Waals surface area (Å²) in [5.41, 5.74) is 1.96. The van der Waals surface area contributed by atoms with Crippen LogP contribution in [0.4, 0.5) is 10.1 Å². The quantitative estimate of drug-likeness (QED) is 0.722. The second kappa shape index (κ2) is 7.53. The van der Waals surface area contributed by atoms with Crippen LogP contribution in [0.2, 0.25) is 0 Å². The summed E-state index contributed by atoms with van der Waals surface area (Å²) in [5, 5.41) is 15.6. The van der Waals surface area contributed by atoms with Crippen molar-refractivity contribution in [2.24, 2.45) is 0 Å². The van der Waals surface area contributed by atoms with Crippen LogP contribution in [0.5, 0.6) is 5.75 Å². The molecule has 132 valence electrons. The van der Waals surface area contributed by atoms with Gasteiger partial charge in [0.05, 0.1) is 13.7 Å². The van der Waals surface area contributed by atoms with Gasteiger partial charge in [0, 0.05) is 17.3 Å². The van der Waals surface area contributed by atoms with Gasteiger partial charge >= 0.3 is 0 Å². The Morgan fingerprint density at radius 3 is 2.60 bits per heavy atom. The lowest BCUT2D eigenvalue weighted by Crippen LogP contribution is -2.34. The molecule has 1 saturated carbocycles. The standard InChI is InChI=1S/C19H21FN2O3/c1-25-17-9-8-16(10-13(17)11-23)21-18(19(24)22-15-6-7-15)12-2-4-14(20)5-3-12/h2-5,8-10,15,18,21,23H,6-7,11H2,1H3,(H,22,24). The second-order valence-electron chi connectivity index (χ2n) is 6.10. The van der Waals surface area contributed by atoms with Crippen molar-refractivity contribution >= 4 is 11.6 Å². The molecule has 0 bridgehead atoms. The second-order valence-corrected chi connectivity index (χ2v) is 6.10. The molecule has 0 aliphatic heterocycles. The third-order valence-electron chi connectivity index (χ3n) is 4.15. The lowest BCUT2D eigenvalue weighted by molar-refractivity contribution is -0.122. The van der Waals surface area contributed by atoms with Crippen molar-refractivity contribution in [1.82, 2.24) is 5.32 Å². The maximum atomic E-state index is 13.2. The first-order chi connectivity index (χ1) is 12.1. The van der Waals surface area contributed by atoms with Crippen LogP contribution in [0, 0.1) is 5.82 Å². The molecule has 1 amide bonds. The number of aliphatic hydroxyl groups is 1. The van der Waals surface area contributed by atoms with E-state index in [1.54, 1.807) is 30.3 Å². The minimum absolute atomic E-state index is 0.157. The predicted molar refractivity (Wildman–Crippen MR) is 92.8 cm³/mol. The van der Waals surface area contributed by atoms with Crippen molar-refractivity contribution in [2.45, 2.75) is 31.5 Å². The SMILES string of the molecule is COc1ccc(NC(C(=O)NC2CC2)c2ccc(F)cc2)cc1CO. The maximum Gasteiger partial charge on any atom is 0.247 e. The van der Waals surface area contributed by atoms with Gasteiger partial charge in [0.15, 0.2) is 0 Å². The van der Waals surface area contributed by atoms with Gasteiger partial charge in [-0.15, -0.1) is 0 Å². The van der Waals surface area contributed by atoms with Crippen LogP contribution in [-0.4, -0.2) is 24.2 Å². The van der Waals surface area contributed by atoms with E-state index in [9.17, 15) is 14.3 Å². The minimum atomic E-state index is -0.652. The smallest absolute Gasteiger partial charge is 0.247 e. The van der Waals surface area contributed by atoms with E-state index in [1.165, 1.54) is 19.2 Å². The van der Waals surface area contributed by atoms with Crippen LogP contribution < -0.4 is 15.4 Å². The maximum absolute atomic E-state index is 13.2. The Hall–Kier alpha value is -2.60. The van der Waals surface area contributed by atoms with Gasteiger partial charge in [0.2, 0.25) is 5.91 Å². The fourth-order valence-corrected chi connectivity index (χ4v) is 2.63. The van der Waals surface area contributed by atoms with Crippen LogP contribution in [0.3, 0.4) is 0 Å². The van der Waals surface area contributed by atoms with E-state index < -0.39 is 6.04 Å². The highest BCUT2D eigenvalue weighted by atomic mass is 19.1. The van der Waals surface area contributed by atoms with Crippen molar-refractivity contribution in [3.63, 3.8) is 0 Å². The molecular weight excluding hydrogens is 323 g/mol. The van der Waals surface area contributed by atoms with E-state index in [-0.39, 0.29) is 24.4 Å². The molecule has 1 fully saturated rings. The minimum Gasteiger partial charge on any atom is -0.496 e. The number of hydrogen-bond acceptors (Lipinski definition) is 4. The van der Waals surface area contributed by atoms with Crippen molar-refractivity contribution in [2.75, 3.05) is 12.4 Å². The molecule has 1 aliphatic carbocycles. The van der Waals surface area contributed by atoms with E-state index in [2.05, 4.69) is 10.6 Å². The van der Waals surface area contributed by atoms with Crippen LogP contribution in [0.1, 0.15) is 30.0 Å². The molecule has 0 radical (unpaired) electrons. The summed E-state index contributed by atoms with van der Waals surface area (Å²) in [4.78, 5) is 12.6. The van der Waals surface area contributed by atoms with Gasteiger partial charge in [-0.1, -0.05) is 12.1 Å². The Kier molecular flexibility index (Phi) is 5.19. The van der Waals surface area contributed by atoms with Gasteiger partial charge in [0.25, 0.3) is 0 Å². The van der Waals surface area contributed by atoms with Gasteiger partial charge in [-0.25, -0.2) is 4.39 Å². The molecule has 2 aromatic carbocycles. The molecule has 1 aliphatic rings. The predicted octanol–water partition coefficient (Wildman–Crippen LogP) is 2.76. The molecule has 5 nitrogen and oxygen atoms in total. The van der Waals surface area contributed by atoms with Gasteiger partial charge in [-0.05, 0) is 48.7 Å². The number of rotatable bonds is 7. The normalized spacial score (nSPS) is 14.7. The average Bonchev–Trinajstić information content (AvgIpc) is 3.44. The summed E-state index contributed by atoms with van der Waals surface area (Å²) in [6.45, 7) is -0.172. The third-order valence-corrected chi connectivity index (χ3v) is 4.15. The van der Waals surface area contributed by atoms with Crippen molar-refractivity contribution in [3.8, 4) is 5.75 Å². The van der Waals surface area contributed by atoms with Crippen LogP contribution in [-0.2, 0) is 11.4 Å². The van der Waals surface area contributed by atoms with Crippen LogP contribution >= 0.6 is 0 Å². The number of methoxy groups -OCH3 is 1. The van der Waals surface area contributed by atoms with Gasteiger partial charge in [-0.2, -0.15) is 0 Å². The van der Waals surface area contributed by atoms with E-state index in [1.807, 2.05) is 0 Å². The molecule has 3 rings (SSSR count). The van der Waals surface area contributed by atoms with E-state index in [4.69, 9.17) is 4.74 Å². The molecule has 25 heavy (non-hydrogen) atoms. The number of aliphatic hydroxyl groups excluding tert-OH is 1. The fourth-order valence-electron chi connectivity index (χ4n) is 2.63. The molecule has 0 spiro atoms. The average molecular weight is 344 g/mol. The largest absolute Gasteiger partial charge is 0.496 e. The number of amides is 1. The fraction of sp³-hybridized carbons (Fsp3) is 0.316. The lowest BCUT2D eigenvalue weighted by atomic mass is 10.0. The first kappa shape index (κ1) is 17.2. The zero-order chi connectivity index (χ0) is 17.8. The summed E-state index contributed by atoms with van der Waals surface area (Å²) < 4.78 is 18.4. The molecule has 6 heteroatoms. The van der Waals surface area contributed by atoms with Crippen LogP contribution in [0.15, 0.2) is 42.5 Å². The molecular formula is C19H21FN2O3. The summed E-state index contributed by atoms with van der Waals surface area (Å²) in [7, 11) is 1.53. The Labute approximate surface area is 145 Å². The summed E-state index contributed by atoms with van der Waals surface area (Å²) in [6.07, 6.45) is 1.97. The van der Waals surface area contributed by atoms with Crippen molar-refractivity contribution < 1.29 is 19.0 Å². The number of benzene rings is 2. The lowest BCUT2D eigenvalue weighted by Gasteiger charge is -2.21. The monoisotopic (exact) mass is 344 g/mol. The Bertz CT molecular complexity index is 745. The van der Waals surface area contributed by atoms with Crippen molar-refractivity contribution in [1.29, 1.82) is 0 Å². The number of nitrogens with one attached hydrogen (secondary N) is 2. The molecule has 0 heterocycles. The first-order valence-corrected chi connectivity index (χ1v) is 8.21. The number of halogens is 1. The summed E-state index contributed by atoms with van der Waals surface area (Å²) >= 11 is 0. The third kappa shape index (κ3) is 4.28. The molecule has 2 aromatic rings. The van der Waals surface area contributed by atoms with Crippen LogP contribution in [0.25, 0.3) is 0 Å². The number of carbonyl (C=O) groups excluding carboxylic acids is 1. The topological polar surface area (TPSA) is 70.6 Å². The first-order valence-electron chi connectivity index (χ1n) is 8.21. The Morgan fingerprint density at radius 1 is 1.28 bits per heavy atom. The summed E-state index contributed by atoms with van der Waals surface area (Å²) in [5.74, 6) is 0.0707. The summed E-state index contributed by atoms with van der Waals surface area (Å²) in [6, 6.07) is 10.7. The Morgan fingerprint density at radius 2 is 2.00 bits per heavy atom. The zero-order valence-electron chi connectivity index (χ0n) is 14.0. The zero-order valence-corrected chi connectivity index (χ0v) is 14.0. The molecule has 0 saturated heterocycles. The number of carbonyl (C=O) groups is 1.